The van der Waals surface area contributed by atoms with E-state index in [9.17, 15) is 4.79 Å². The number of hydrazine groups is 2. The topological polar surface area (TPSA) is 98.4 Å². The molecular formula is C12H22N4O. The molecule has 6 N–H and O–H groups in total. The lowest BCUT2D eigenvalue weighted by Crippen LogP contribution is -2.46. The van der Waals surface area contributed by atoms with Gasteiger partial charge in [0.25, 0.3) is 0 Å². The second-order valence-electron chi connectivity index (χ2n) is 3.71. The van der Waals surface area contributed by atoms with E-state index in [1.54, 1.807) is 0 Å². The Morgan fingerprint density at radius 1 is 1.24 bits per heavy atom. The van der Waals surface area contributed by atoms with Crippen LogP contribution in [0.4, 0.5) is 4.79 Å². The highest BCUT2D eigenvalue weighted by atomic mass is 16.2. The lowest BCUT2D eigenvalue weighted by molar-refractivity contribution is 0.210. The zero-order chi connectivity index (χ0) is 13.4. The second-order valence-corrected chi connectivity index (χ2v) is 3.71. The van der Waals surface area contributed by atoms with E-state index in [4.69, 9.17) is 0 Å². The van der Waals surface area contributed by atoms with Crippen molar-refractivity contribution in [3.8, 4) is 0 Å². The summed E-state index contributed by atoms with van der Waals surface area (Å²) in [5, 5.41) is 0.306. The summed E-state index contributed by atoms with van der Waals surface area (Å²) in [6, 6.07) is 5.90. The number of nitrogens with two attached hydrogens (primary N) is 3. The molecule has 1 aromatic carbocycles. The van der Waals surface area contributed by atoms with Gasteiger partial charge in [0.05, 0.1) is 0 Å². The molecule has 0 bridgehead atoms. The van der Waals surface area contributed by atoms with Crippen molar-refractivity contribution in [1.29, 1.82) is 0 Å². The molecule has 0 heterocycles. The number of hydrogen-bond donors (Lipinski definition) is 3. The average molecular weight is 238 g/mol. The molecule has 5 nitrogen and oxygen atoms in total. The minimum absolute atomic E-state index is 0.306. The van der Waals surface area contributed by atoms with Crippen LogP contribution in [0.25, 0.3) is 0 Å². The van der Waals surface area contributed by atoms with E-state index in [2.05, 4.69) is 56.4 Å². The zero-order valence-corrected chi connectivity index (χ0v) is 10.7. The number of carbonyl (C=O) groups excluding carboxylic acids is 1. The van der Waals surface area contributed by atoms with Crippen molar-refractivity contribution in [3.63, 3.8) is 0 Å². The van der Waals surface area contributed by atoms with Crippen LogP contribution in [0.5, 0.6) is 0 Å². The van der Waals surface area contributed by atoms with Gasteiger partial charge in [0.1, 0.15) is 0 Å². The molecule has 0 saturated carbocycles. The Morgan fingerprint density at radius 2 is 1.76 bits per heavy atom. The summed E-state index contributed by atoms with van der Waals surface area (Å²) in [6.45, 7) is 6.59. The number of carbonyl (C=O) groups is 1. The molecule has 0 unspecified atom stereocenters. The lowest BCUT2D eigenvalue weighted by atomic mass is 10.0. The predicted molar refractivity (Wildman–Crippen MR) is 69.7 cm³/mol. The van der Waals surface area contributed by atoms with Crippen LogP contribution in [0, 0.1) is 6.92 Å². The monoisotopic (exact) mass is 238 g/mol. The van der Waals surface area contributed by atoms with Crippen LogP contribution in [0.3, 0.4) is 0 Å². The minimum Gasteiger partial charge on any atom is -0.349 e. The quantitative estimate of drug-likeness (QED) is 0.410. The molecule has 0 atom stereocenters. The van der Waals surface area contributed by atoms with Gasteiger partial charge < -0.3 is 5.73 Å². The van der Waals surface area contributed by atoms with Crippen molar-refractivity contribution in [2.45, 2.75) is 33.6 Å². The van der Waals surface area contributed by atoms with Gasteiger partial charge in [0.15, 0.2) is 0 Å². The van der Waals surface area contributed by atoms with Gasteiger partial charge in [-0.3, -0.25) is 0 Å². The van der Waals surface area contributed by atoms with Crippen molar-refractivity contribution in [2.75, 3.05) is 0 Å². The Hall–Kier alpha value is -1.59. The lowest BCUT2D eigenvalue weighted by Gasteiger charge is -2.04. The molecule has 0 aromatic heterocycles. The van der Waals surface area contributed by atoms with E-state index in [1.165, 1.54) is 16.7 Å². The van der Waals surface area contributed by atoms with E-state index < -0.39 is 6.03 Å². The highest BCUT2D eigenvalue weighted by Gasteiger charge is 1.95. The Morgan fingerprint density at radius 3 is 2.12 bits per heavy atom. The smallest absolute Gasteiger partial charge is 0.343 e. The number of hydrogen-bond acceptors (Lipinski definition) is 3. The van der Waals surface area contributed by atoms with Crippen LogP contribution < -0.4 is 17.4 Å². The second kappa shape index (κ2) is 7.65. The summed E-state index contributed by atoms with van der Waals surface area (Å²) in [4.78, 5) is 9.60. The van der Waals surface area contributed by atoms with Gasteiger partial charge in [-0.25, -0.2) is 16.5 Å². The number of urea groups is 1. The molecule has 17 heavy (non-hydrogen) atoms. The normalized spacial score (nSPS) is 9.24. The highest BCUT2D eigenvalue weighted by molar-refractivity contribution is 5.70. The van der Waals surface area contributed by atoms with Crippen LogP contribution in [0.15, 0.2) is 18.2 Å². The molecule has 0 fully saturated rings. The Labute approximate surface area is 103 Å². The molecule has 2 amide bonds. The third-order valence-electron chi connectivity index (χ3n) is 2.46. The fourth-order valence-electron chi connectivity index (χ4n) is 1.33. The first kappa shape index (κ1) is 15.4. The van der Waals surface area contributed by atoms with Gasteiger partial charge in [0, 0.05) is 0 Å². The number of aryl methyl sites for hydroxylation is 3. The van der Waals surface area contributed by atoms with Gasteiger partial charge in [-0.1, -0.05) is 32.0 Å². The van der Waals surface area contributed by atoms with E-state index in [0.717, 1.165) is 12.8 Å². The number of amides is 2. The first-order chi connectivity index (χ1) is 7.92. The van der Waals surface area contributed by atoms with E-state index in [1.807, 2.05) is 0 Å². The SMILES string of the molecule is CCc1ccc(C)c(CC)c1.NC(=O)N(N)N. The Bertz CT molecular complexity index is 364. The van der Waals surface area contributed by atoms with Crippen molar-refractivity contribution in [3.05, 3.63) is 34.9 Å². The standard InChI is InChI=1S/C11H16.CH6N4O/c1-4-10-7-6-9(3)11(5-2)8-10;2-1(6)5(3)4/h6-8H,4-5H2,1-3H3;3-4H2,(H2,2,6). The molecule has 5 heteroatoms. The average Bonchev–Trinajstić information content (AvgIpc) is 2.30. The van der Waals surface area contributed by atoms with Crippen LogP contribution >= 0.6 is 0 Å². The van der Waals surface area contributed by atoms with Gasteiger partial charge in [-0.15, -0.1) is 0 Å². The molecule has 1 aromatic rings. The van der Waals surface area contributed by atoms with Crippen molar-refractivity contribution in [1.82, 2.24) is 5.12 Å². The van der Waals surface area contributed by atoms with E-state index >= 15 is 0 Å². The molecule has 0 aliphatic carbocycles. The van der Waals surface area contributed by atoms with Crippen LogP contribution in [-0.4, -0.2) is 11.1 Å². The van der Waals surface area contributed by atoms with Crippen LogP contribution in [0.2, 0.25) is 0 Å². The van der Waals surface area contributed by atoms with Gasteiger partial charge in [-0.05, 0) is 36.5 Å². The summed E-state index contributed by atoms with van der Waals surface area (Å²) in [7, 11) is 0. The first-order valence-electron chi connectivity index (χ1n) is 5.59. The summed E-state index contributed by atoms with van der Waals surface area (Å²) >= 11 is 0. The van der Waals surface area contributed by atoms with Gasteiger partial charge in [-0.2, -0.15) is 5.12 Å². The molecule has 0 spiro atoms. The van der Waals surface area contributed by atoms with Crippen LogP contribution in [-0.2, 0) is 12.8 Å². The molecule has 0 radical (unpaired) electrons. The van der Waals surface area contributed by atoms with Crippen molar-refractivity contribution in [2.24, 2.45) is 17.4 Å². The minimum atomic E-state index is -0.852. The largest absolute Gasteiger partial charge is 0.349 e. The van der Waals surface area contributed by atoms with Gasteiger partial charge >= 0.3 is 6.03 Å². The van der Waals surface area contributed by atoms with Crippen molar-refractivity contribution >= 4 is 6.03 Å². The van der Waals surface area contributed by atoms with Crippen LogP contribution in [0.1, 0.15) is 30.5 Å². The maximum absolute atomic E-state index is 9.60. The maximum Gasteiger partial charge on any atom is 0.343 e. The molecule has 0 aliphatic heterocycles. The predicted octanol–water partition coefficient (Wildman–Crippen LogP) is 1.23. The molecule has 0 saturated heterocycles. The Kier molecular flexibility index (Phi) is 6.93. The summed E-state index contributed by atoms with van der Waals surface area (Å²) in [5.74, 6) is 9.14. The Balaban J connectivity index is 0.000000366. The zero-order valence-electron chi connectivity index (χ0n) is 10.7. The number of primary amides is 1. The summed E-state index contributed by atoms with van der Waals surface area (Å²) < 4.78 is 0. The third kappa shape index (κ3) is 5.89. The summed E-state index contributed by atoms with van der Waals surface area (Å²) in [6.07, 6.45) is 2.30. The fourth-order valence-corrected chi connectivity index (χ4v) is 1.33. The molecule has 96 valence electrons. The fraction of sp³-hybridized carbons (Fsp3) is 0.417. The van der Waals surface area contributed by atoms with Gasteiger partial charge in [0.2, 0.25) is 0 Å². The number of nitrogens with zero attached hydrogens (tertiary/aromatic N) is 1. The number of rotatable bonds is 2. The van der Waals surface area contributed by atoms with E-state index in [0.29, 0.717) is 5.12 Å². The molecule has 0 aliphatic rings. The molecular weight excluding hydrogens is 216 g/mol. The number of benzene rings is 1. The highest BCUT2D eigenvalue weighted by Crippen LogP contribution is 2.11. The first-order valence-corrected chi connectivity index (χ1v) is 5.59. The maximum atomic E-state index is 9.60. The summed E-state index contributed by atoms with van der Waals surface area (Å²) in [5.41, 5.74) is 8.83. The van der Waals surface area contributed by atoms with E-state index in [-0.39, 0.29) is 0 Å². The van der Waals surface area contributed by atoms with Crippen molar-refractivity contribution < 1.29 is 4.79 Å². The molecule has 1 rings (SSSR count). The third-order valence-corrected chi connectivity index (χ3v) is 2.46.